The second-order valence-corrected chi connectivity index (χ2v) is 4.48. The monoisotopic (exact) mass is 222 g/mol. The van der Waals surface area contributed by atoms with Gasteiger partial charge in [-0.3, -0.25) is 0 Å². The van der Waals surface area contributed by atoms with Gasteiger partial charge in [-0.1, -0.05) is 51.5 Å². The molecule has 0 unspecified atom stereocenters. The minimum absolute atomic E-state index is 0.324. The van der Waals surface area contributed by atoms with Gasteiger partial charge >= 0.3 is 0 Å². The van der Waals surface area contributed by atoms with Crippen LogP contribution in [0.3, 0.4) is 0 Å². The van der Waals surface area contributed by atoms with E-state index >= 15 is 0 Å². The molecule has 2 N–H and O–H groups in total. The summed E-state index contributed by atoms with van der Waals surface area (Å²) in [6.07, 6.45) is 19.7. The van der Waals surface area contributed by atoms with Gasteiger partial charge in [-0.15, -0.1) is 0 Å². The largest absolute Gasteiger partial charge is 0.367 e. The van der Waals surface area contributed by atoms with E-state index in [1.165, 1.54) is 51.4 Å². The first-order valence-corrected chi connectivity index (χ1v) is 6.77. The highest BCUT2D eigenvalue weighted by atomic mass is 15.1. The molecule has 0 aliphatic carbocycles. The number of hydrogen-bond acceptors (Lipinski definition) is 2. The van der Waals surface area contributed by atoms with E-state index in [4.69, 9.17) is 0 Å². The molecular formula is C14H26N2. The first-order chi connectivity index (χ1) is 7.93. The van der Waals surface area contributed by atoms with Gasteiger partial charge in [0.15, 0.2) is 0 Å². The maximum absolute atomic E-state index is 3.20. The van der Waals surface area contributed by atoms with E-state index in [0.717, 1.165) is 0 Å². The van der Waals surface area contributed by atoms with Crippen LogP contribution in [0.5, 0.6) is 0 Å². The smallest absolute Gasteiger partial charge is 0.115 e. The molecule has 2 nitrogen and oxygen atoms in total. The summed E-state index contributed by atoms with van der Waals surface area (Å²) in [7, 11) is 0. The van der Waals surface area contributed by atoms with Crippen molar-refractivity contribution in [1.82, 2.24) is 10.6 Å². The van der Waals surface area contributed by atoms with Crippen molar-refractivity contribution in [3.8, 4) is 0 Å². The van der Waals surface area contributed by atoms with Crippen molar-refractivity contribution in [2.75, 3.05) is 0 Å². The molecule has 0 aromatic rings. The van der Waals surface area contributed by atoms with E-state index in [9.17, 15) is 0 Å². The van der Waals surface area contributed by atoms with Gasteiger partial charge in [0.2, 0.25) is 0 Å². The van der Waals surface area contributed by atoms with Crippen molar-refractivity contribution in [2.24, 2.45) is 0 Å². The van der Waals surface area contributed by atoms with E-state index in [1.807, 2.05) is 12.4 Å². The second-order valence-electron chi connectivity index (χ2n) is 4.48. The summed E-state index contributed by atoms with van der Waals surface area (Å²) in [5.41, 5.74) is 0. The molecule has 16 heavy (non-hydrogen) atoms. The highest BCUT2D eigenvalue weighted by molar-refractivity contribution is 5.01. The second kappa shape index (κ2) is 9.32. The van der Waals surface area contributed by atoms with E-state index in [2.05, 4.69) is 29.7 Å². The van der Waals surface area contributed by atoms with Crippen LogP contribution < -0.4 is 10.6 Å². The maximum Gasteiger partial charge on any atom is 0.115 e. The normalized spacial score (nSPS) is 15.6. The fourth-order valence-corrected chi connectivity index (χ4v) is 1.91. The average Bonchev–Trinajstić information content (AvgIpc) is 2.80. The zero-order valence-electron chi connectivity index (χ0n) is 10.5. The Morgan fingerprint density at radius 2 is 1.56 bits per heavy atom. The van der Waals surface area contributed by atoms with Gasteiger partial charge < -0.3 is 10.6 Å². The highest BCUT2D eigenvalue weighted by Gasteiger charge is 2.00. The lowest BCUT2D eigenvalue weighted by atomic mass is 10.1. The molecule has 0 atom stereocenters. The highest BCUT2D eigenvalue weighted by Crippen LogP contribution is 2.08. The molecule has 0 radical (unpaired) electrons. The summed E-state index contributed by atoms with van der Waals surface area (Å²) < 4.78 is 0. The Morgan fingerprint density at radius 1 is 0.938 bits per heavy atom. The van der Waals surface area contributed by atoms with Crippen LogP contribution in [-0.4, -0.2) is 6.17 Å². The third kappa shape index (κ3) is 6.54. The van der Waals surface area contributed by atoms with Crippen molar-refractivity contribution in [2.45, 2.75) is 64.5 Å². The first-order valence-electron chi connectivity index (χ1n) is 6.77. The summed E-state index contributed by atoms with van der Waals surface area (Å²) >= 11 is 0. The predicted octanol–water partition coefficient (Wildman–Crippen LogP) is 3.67. The Bertz CT molecular complexity index is 201. The first kappa shape index (κ1) is 13.1. The molecule has 0 saturated carbocycles. The molecule has 92 valence electrons. The number of rotatable bonds is 9. The molecule has 0 amide bonds. The molecule has 0 fully saturated rings. The summed E-state index contributed by atoms with van der Waals surface area (Å²) in [5, 5.41) is 6.41. The average molecular weight is 222 g/mol. The Labute approximate surface area is 100 Å². The number of allylic oxidation sites excluding steroid dienone is 1. The van der Waals surface area contributed by atoms with Gasteiger partial charge in [-0.05, 0) is 18.9 Å². The molecular weight excluding hydrogens is 196 g/mol. The minimum atomic E-state index is 0.324. The molecule has 0 aromatic carbocycles. The van der Waals surface area contributed by atoms with Crippen LogP contribution in [0.2, 0.25) is 0 Å². The molecule has 0 aromatic heterocycles. The van der Waals surface area contributed by atoms with Crippen LogP contribution in [0.1, 0.15) is 58.3 Å². The van der Waals surface area contributed by atoms with Crippen molar-refractivity contribution in [3.63, 3.8) is 0 Å². The number of nitrogens with one attached hydrogen (secondary N) is 2. The van der Waals surface area contributed by atoms with Gasteiger partial charge in [0, 0.05) is 12.4 Å². The Morgan fingerprint density at radius 3 is 2.25 bits per heavy atom. The molecule has 1 aliphatic rings. The lowest BCUT2D eigenvalue weighted by Crippen LogP contribution is -2.27. The standard InChI is InChI=1S/C14H26N2/c1-2-3-4-5-6-7-8-9-10-11-14-15-12-13-16-14/h10-16H,2-9H2,1H3/b11-10+. The van der Waals surface area contributed by atoms with Crippen LogP contribution in [-0.2, 0) is 0 Å². The third-order valence-corrected chi connectivity index (χ3v) is 2.94. The Balaban J connectivity index is 1.80. The SMILES string of the molecule is CCCCCCCCC/C=C/C1NC=CN1. The molecule has 2 heteroatoms. The van der Waals surface area contributed by atoms with Crippen molar-refractivity contribution < 1.29 is 0 Å². The summed E-state index contributed by atoms with van der Waals surface area (Å²) in [6.45, 7) is 2.27. The Kier molecular flexibility index (Phi) is 7.65. The molecule has 1 aliphatic heterocycles. The topological polar surface area (TPSA) is 24.1 Å². The van der Waals surface area contributed by atoms with Gasteiger partial charge in [-0.25, -0.2) is 0 Å². The molecule has 1 heterocycles. The molecule has 0 bridgehead atoms. The predicted molar refractivity (Wildman–Crippen MR) is 70.9 cm³/mol. The van der Waals surface area contributed by atoms with Crippen molar-refractivity contribution in [3.05, 3.63) is 24.6 Å². The van der Waals surface area contributed by atoms with Crippen molar-refractivity contribution >= 4 is 0 Å². The van der Waals surface area contributed by atoms with Gasteiger partial charge in [-0.2, -0.15) is 0 Å². The molecule has 1 rings (SSSR count). The van der Waals surface area contributed by atoms with Gasteiger partial charge in [0.05, 0.1) is 0 Å². The number of unbranched alkanes of at least 4 members (excludes halogenated alkanes) is 7. The van der Waals surface area contributed by atoms with E-state index in [1.54, 1.807) is 0 Å². The van der Waals surface area contributed by atoms with Crippen LogP contribution in [0.4, 0.5) is 0 Å². The molecule has 0 spiro atoms. The summed E-state index contributed by atoms with van der Waals surface area (Å²) in [5.74, 6) is 0. The fraction of sp³-hybridized carbons (Fsp3) is 0.714. The van der Waals surface area contributed by atoms with Crippen molar-refractivity contribution in [1.29, 1.82) is 0 Å². The van der Waals surface area contributed by atoms with Crippen LogP contribution in [0.25, 0.3) is 0 Å². The zero-order valence-corrected chi connectivity index (χ0v) is 10.5. The van der Waals surface area contributed by atoms with Crippen LogP contribution in [0.15, 0.2) is 24.6 Å². The summed E-state index contributed by atoms with van der Waals surface area (Å²) in [4.78, 5) is 0. The Hall–Kier alpha value is -0.920. The van der Waals surface area contributed by atoms with E-state index in [0.29, 0.717) is 6.17 Å². The lowest BCUT2D eigenvalue weighted by Gasteiger charge is -2.05. The zero-order chi connectivity index (χ0) is 11.5. The number of hydrogen-bond donors (Lipinski definition) is 2. The maximum atomic E-state index is 3.20. The van der Waals surface area contributed by atoms with Crippen LogP contribution in [0, 0.1) is 0 Å². The third-order valence-electron chi connectivity index (χ3n) is 2.94. The molecule has 0 saturated heterocycles. The van der Waals surface area contributed by atoms with E-state index < -0.39 is 0 Å². The van der Waals surface area contributed by atoms with Gasteiger partial charge in [0.1, 0.15) is 6.17 Å². The summed E-state index contributed by atoms with van der Waals surface area (Å²) in [6, 6.07) is 0. The lowest BCUT2D eigenvalue weighted by molar-refractivity contribution is 0.591. The quantitative estimate of drug-likeness (QED) is 0.459. The van der Waals surface area contributed by atoms with Crippen LogP contribution >= 0.6 is 0 Å². The van der Waals surface area contributed by atoms with Gasteiger partial charge in [0.25, 0.3) is 0 Å². The van der Waals surface area contributed by atoms with E-state index in [-0.39, 0.29) is 0 Å². The fourth-order valence-electron chi connectivity index (χ4n) is 1.91. The minimum Gasteiger partial charge on any atom is -0.367 e.